The van der Waals surface area contributed by atoms with Crippen molar-refractivity contribution < 1.29 is 24.2 Å². The first-order valence-corrected chi connectivity index (χ1v) is 10.1. The highest BCUT2D eigenvalue weighted by Gasteiger charge is 2.41. The predicted molar refractivity (Wildman–Crippen MR) is 120 cm³/mol. The molecule has 1 unspecified atom stereocenters. The number of aliphatic hydroxyl groups is 1. The molecule has 3 aromatic carbocycles. The predicted octanol–water partition coefficient (Wildman–Crippen LogP) is 4.53. The van der Waals surface area contributed by atoms with Gasteiger partial charge in [-0.05, 0) is 29.3 Å². The molecule has 0 aliphatic carbocycles. The van der Waals surface area contributed by atoms with Gasteiger partial charge in [0.2, 0.25) is 0 Å². The number of para-hydroxylation sites is 1. The van der Waals surface area contributed by atoms with Crippen LogP contribution >= 0.6 is 0 Å². The van der Waals surface area contributed by atoms with Crippen LogP contribution in [0.1, 0.15) is 33.1 Å². The monoisotopic (exact) mass is 429 g/mol. The number of carbonyl (C=O) groups is 2. The van der Waals surface area contributed by atoms with E-state index >= 15 is 0 Å². The molecular weight excluding hydrogens is 406 g/mol. The first-order valence-electron chi connectivity index (χ1n) is 10.1. The van der Waals surface area contributed by atoms with Gasteiger partial charge in [0.25, 0.3) is 5.91 Å². The molecule has 1 heterocycles. The fourth-order valence-corrected chi connectivity index (χ4v) is 4.01. The van der Waals surface area contributed by atoms with Crippen molar-refractivity contribution in [2.24, 2.45) is 0 Å². The number of nitrogens with zero attached hydrogens (tertiary/aromatic N) is 1. The van der Waals surface area contributed by atoms with E-state index in [1.54, 1.807) is 36.3 Å². The zero-order valence-electron chi connectivity index (χ0n) is 17.8. The minimum Gasteiger partial charge on any atom is -0.503 e. The van der Waals surface area contributed by atoms with Gasteiger partial charge in [0.15, 0.2) is 5.76 Å². The molecular formula is C26H23NO5. The molecule has 0 spiro atoms. The van der Waals surface area contributed by atoms with Crippen LogP contribution in [-0.2, 0) is 16.1 Å². The number of carbonyl (C=O) groups excluding carboxylic acids is 2. The average molecular weight is 429 g/mol. The van der Waals surface area contributed by atoms with Crippen molar-refractivity contribution in [2.75, 3.05) is 14.2 Å². The summed E-state index contributed by atoms with van der Waals surface area (Å²) in [5.41, 5.74) is 3.27. The second kappa shape index (κ2) is 8.98. The first-order chi connectivity index (χ1) is 15.5. The zero-order valence-corrected chi connectivity index (χ0v) is 17.8. The minimum atomic E-state index is -0.540. The first kappa shape index (κ1) is 21.2. The maximum absolute atomic E-state index is 13.2. The van der Waals surface area contributed by atoms with Gasteiger partial charge >= 0.3 is 5.97 Å². The number of rotatable bonds is 6. The topological polar surface area (TPSA) is 76.1 Å². The molecule has 0 fully saturated rings. The lowest BCUT2D eigenvalue weighted by Crippen LogP contribution is -2.30. The SMILES string of the molecule is COC(=O)c1ccc(C2C(c3ccccc3)=C(O)C(=O)N2Cc2ccccc2OC)cc1. The summed E-state index contributed by atoms with van der Waals surface area (Å²) in [6, 6.07) is 23.1. The van der Waals surface area contributed by atoms with Crippen molar-refractivity contribution in [3.8, 4) is 5.75 Å². The molecule has 32 heavy (non-hydrogen) atoms. The number of ether oxygens (including phenoxy) is 2. The molecule has 0 saturated heterocycles. The number of aliphatic hydroxyl groups excluding tert-OH is 1. The van der Waals surface area contributed by atoms with E-state index in [0.29, 0.717) is 16.9 Å². The van der Waals surface area contributed by atoms with E-state index in [9.17, 15) is 14.7 Å². The van der Waals surface area contributed by atoms with Gasteiger partial charge in [-0.25, -0.2) is 4.79 Å². The fraction of sp³-hybridized carbons (Fsp3) is 0.154. The Kier molecular flexibility index (Phi) is 5.94. The van der Waals surface area contributed by atoms with Crippen LogP contribution in [0.5, 0.6) is 5.75 Å². The van der Waals surface area contributed by atoms with Crippen LogP contribution in [0, 0.1) is 0 Å². The summed E-state index contributed by atoms with van der Waals surface area (Å²) in [5.74, 6) is -0.524. The highest BCUT2D eigenvalue weighted by molar-refractivity contribution is 6.05. The quantitative estimate of drug-likeness (QED) is 0.583. The molecule has 1 aliphatic heterocycles. The lowest BCUT2D eigenvalue weighted by Gasteiger charge is -2.28. The summed E-state index contributed by atoms with van der Waals surface area (Å²) < 4.78 is 10.2. The lowest BCUT2D eigenvalue weighted by atomic mass is 9.93. The summed E-state index contributed by atoms with van der Waals surface area (Å²) >= 11 is 0. The van der Waals surface area contributed by atoms with Gasteiger partial charge in [0.1, 0.15) is 5.75 Å². The molecule has 6 nitrogen and oxygen atoms in total. The third-order valence-electron chi connectivity index (χ3n) is 5.57. The van der Waals surface area contributed by atoms with Gasteiger partial charge in [-0.3, -0.25) is 4.79 Å². The van der Waals surface area contributed by atoms with E-state index < -0.39 is 17.9 Å². The minimum absolute atomic E-state index is 0.243. The van der Waals surface area contributed by atoms with Crippen LogP contribution in [-0.4, -0.2) is 36.1 Å². The van der Waals surface area contributed by atoms with Crippen LogP contribution in [0.15, 0.2) is 84.6 Å². The van der Waals surface area contributed by atoms with Crippen molar-refractivity contribution in [3.05, 3.63) is 107 Å². The second-order valence-corrected chi connectivity index (χ2v) is 7.39. The van der Waals surface area contributed by atoms with Crippen LogP contribution in [0.2, 0.25) is 0 Å². The van der Waals surface area contributed by atoms with Crippen molar-refractivity contribution in [2.45, 2.75) is 12.6 Å². The summed E-state index contributed by atoms with van der Waals surface area (Å²) in [7, 11) is 2.91. The van der Waals surface area contributed by atoms with Crippen molar-refractivity contribution in [1.82, 2.24) is 4.90 Å². The van der Waals surface area contributed by atoms with E-state index in [-0.39, 0.29) is 12.3 Å². The second-order valence-electron chi connectivity index (χ2n) is 7.39. The third kappa shape index (κ3) is 3.83. The van der Waals surface area contributed by atoms with Crippen LogP contribution < -0.4 is 4.74 Å². The molecule has 3 aromatic rings. The Morgan fingerprint density at radius 1 is 0.938 bits per heavy atom. The summed E-state index contributed by atoms with van der Waals surface area (Å²) in [5, 5.41) is 10.9. The largest absolute Gasteiger partial charge is 0.503 e. The van der Waals surface area contributed by atoms with Gasteiger partial charge in [0.05, 0.1) is 32.4 Å². The molecule has 0 aromatic heterocycles. The highest BCUT2D eigenvalue weighted by Crippen LogP contribution is 2.44. The van der Waals surface area contributed by atoms with Gasteiger partial charge in [-0.1, -0.05) is 60.7 Å². The number of hydrogen-bond donors (Lipinski definition) is 1. The number of methoxy groups -OCH3 is 2. The fourth-order valence-electron chi connectivity index (χ4n) is 4.01. The number of hydrogen-bond acceptors (Lipinski definition) is 5. The molecule has 6 heteroatoms. The maximum Gasteiger partial charge on any atom is 0.337 e. The molecule has 0 radical (unpaired) electrons. The van der Waals surface area contributed by atoms with Crippen molar-refractivity contribution in [1.29, 1.82) is 0 Å². The van der Waals surface area contributed by atoms with E-state index in [2.05, 4.69) is 0 Å². The van der Waals surface area contributed by atoms with Gasteiger partial charge in [0, 0.05) is 11.1 Å². The van der Waals surface area contributed by atoms with E-state index in [4.69, 9.17) is 9.47 Å². The molecule has 4 rings (SSSR count). The molecule has 1 N–H and O–H groups in total. The standard InChI is InChI=1S/C26H23NO5/c1-31-21-11-7-6-10-20(21)16-27-23(18-12-14-19(15-13-18)26(30)32-2)22(24(28)25(27)29)17-8-4-3-5-9-17/h3-15,23,28H,16H2,1-2H3. The molecule has 1 aliphatic rings. The smallest absolute Gasteiger partial charge is 0.337 e. The summed E-state index contributed by atoms with van der Waals surface area (Å²) in [6.45, 7) is 0.243. The number of esters is 1. The van der Waals surface area contributed by atoms with Crippen molar-refractivity contribution in [3.63, 3.8) is 0 Å². The Labute approximate surface area is 186 Å². The average Bonchev–Trinajstić information content (AvgIpc) is 3.09. The molecule has 0 bridgehead atoms. The Morgan fingerprint density at radius 2 is 1.59 bits per heavy atom. The lowest BCUT2D eigenvalue weighted by molar-refractivity contribution is -0.130. The molecule has 0 saturated carbocycles. The molecule has 1 atom stereocenters. The van der Waals surface area contributed by atoms with Crippen LogP contribution in [0.4, 0.5) is 0 Å². The van der Waals surface area contributed by atoms with Crippen LogP contribution in [0.3, 0.4) is 0 Å². The Morgan fingerprint density at radius 3 is 2.25 bits per heavy atom. The van der Waals surface area contributed by atoms with Gasteiger partial charge < -0.3 is 19.5 Å². The van der Waals surface area contributed by atoms with E-state index in [0.717, 1.165) is 16.7 Å². The highest BCUT2D eigenvalue weighted by atomic mass is 16.5. The summed E-state index contributed by atoms with van der Waals surface area (Å²) in [4.78, 5) is 26.7. The van der Waals surface area contributed by atoms with Gasteiger partial charge in [-0.2, -0.15) is 0 Å². The third-order valence-corrected chi connectivity index (χ3v) is 5.57. The Balaban J connectivity index is 1.80. The Bertz CT molecular complexity index is 1170. The number of amides is 1. The summed E-state index contributed by atoms with van der Waals surface area (Å²) in [6.07, 6.45) is 0. The normalized spacial score (nSPS) is 15.8. The molecule has 1 amide bonds. The molecule has 162 valence electrons. The van der Waals surface area contributed by atoms with E-state index in [1.807, 2.05) is 54.6 Å². The van der Waals surface area contributed by atoms with Gasteiger partial charge in [-0.15, -0.1) is 0 Å². The maximum atomic E-state index is 13.2. The van der Waals surface area contributed by atoms with Crippen molar-refractivity contribution >= 4 is 17.4 Å². The van der Waals surface area contributed by atoms with Crippen LogP contribution in [0.25, 0.3) is 5.57 Å². The van der Waals surface area contributed by atoms with E-state index in [1.165, 1.54) is 7.11 Å². The zero-order chi connectivity index (χ0) is 22.7. The number of benzene rings is 3. The Hall–Kier alpha value is -4.06.